The van der Waals surface area contributed by atoms with E-state index in [0.717, 1.165) is 56.8 Å². The Balaban J connectivity index is 1.32. The van der Waals surface area contributed by atoms with Crippen LogP contribution in [-0.2, 0) is 9.53 Å². The summed E-state index contributed by atoms with van der Waals surface area (Å²) in [5.41, 5.74) is 2.76. The number of hydrogen-bond acceptors (Lipinski definition) is 7. The van der Waals surface area contributed by atoms with Gasteiger partial charge in [0.1, 0.15) is 11.8 Å². The summed E-state index contributed by atoms with van der Waals surface area (Å²) in [5, 5.41) is 4.10. The van der Waals surface area contributed by atoms with Crippen molar-refractivity contribution in [3.63, 3.8) is 0 Å². The smallest absolute Gasteiger partial charge is 0.246 e. The fraction of sp³-hybridized carbons (Fsp3) is 0.375. The molecule has 0 aliphatic carbocycles. The number of nitrogens with zero attached hydrogens (tertiary/aromatic N) is 4. The van der Waals surface area contributed by atoms with Gasteiger partial charge in [0.05, 0.1) is 25.1 Å². The first-order valence-corrected chi connectivity index (χ1v) is 11.3. The summed E-state index contributed by atoms with van der Waals surface area (Å²) in [6, 6.07) is 10.1. The summed E-state index contributed by atoms with van der Waals surface area (Å²) < 4.78 is 11.7. The predicted octanol–water partition coefficient (Wildman–Crippen LogP) is 3.09. The first-order valence-electron chi connectivity index (χ1n) is 11.3. The van der Waals surface area contributed by atoms with Crippen LogP contribution in [0.4, 0.5) is 17.3 Å². The highest BCUT2D eigenvalue weighted by molar-refractivity contribution is 5.87. The monoisotopic (exact) mass is 448 g/mol. The molecule has 2 aliphatic heterocycles. The van der Waals surface area contributed by atoms with Gasteiger partial charge in [0.15, 0.2) is 0 Å². The average Bonchev–Trinajstić information content (AvgIpc) is 3.34. The van der Waals surface area contributed by atoms with E-state index in [9.17, 15) is 4.79 Å². The van der Waals surface area contributed by atoms with Crippen LogP contribution in [-0.4, -0.2) is 71.3 Å². The lowest BCUT2D eigenvalue weighted by atomic mass is 10.1. The van der Waals surface area contributed by atoms with Crippen LogP contribution in [0.2, 0.25) is 0 Å². The number of aromatic nitrogens is 3. The number of benzene rings is 1. The zero-order valence-corrected chi connectivity index (χ0v) is 18.5. The Morgan fingerprint density at radius 3 is 2.79 bits per heavy atom. The van der Waals surface area contributed by atoms with Crippen molar-refractivity contribution in [2.75, 3.05) is 49.6 Å². The Kier molecular flexibility index (Phi) is 6.12. The van der Waals surface area contributed by atoms with Crippen LogP contribution in [0.3, 0.4) is 0 Å². The molecule has 2 aliphatic rings. The Hall–Kier alpha value is -3.59. The molecular formula is C24H28N6O3. The number of piperidine rings is 1. The number of aromatic amines is 1. The summed E-state index contributed by atoms with van der Waals surface area (Å²) in [6.07, 6.45) is 4.79. The van der Waals surface area contributed by atoms with Gasteiger partial charge in [-0.2, -0.15) is 9.97 Å². The molecule has 0 spiro atoms. The lowest BCUT2D eigenvalue weighted by Gasteiger charge is -2.32. The molecule has 3 aromatic rings. The topological polar surface area (TPSA) is 95.6 Å². The lowest BCUT2D eigenvalue weighted by molar-refractivity contribution is -0.128. The van der Waals surface area contributed by atoms with Crippen molar-refractivity contribution in [3.8, 4) is 5.88 Å². The first kappa shape index (κ1) is 21.3. The van der Waals surface area contributed by atoms with Gasteiger partial charge in [-0.15, -0.1) is 0 Å². The summed E-state index contributed by atoms with van der Waals surface area (Å²) in [7, 11) is 0. The quantitative estimate of drug-likeness (QED) is 0.560. The summed E-state index contributed by atoms with van der Waals surface area (Å²) in [4.78, 5) is 28.5. The zero-order chi connectivity index (χ0) is 22.6. The minimum absolute atomic E-state index is 0.0688. The van der Waals surface area contributed by atoms with Gasteiger partial charge in [-0.3, -0.25) is 4.79 Å². The molecule has 1 atom stereocenters. The SMILES string of the molecule is C=CC(=O)N1CCCC(Oc2nc(Nc3ccc(N4CCOCC4)cc3)nc3[nH]ccc23)C1. The lowest BCUT2D eigenvalue weighted by Crippen LogP contribution is -2.43. The van der Waals surface area contributed by atoms with Gasteiger partial charge in [-0.1, -0.05) is 6.58 Å². The van der Waals surface area contributed by atoms with Gasteiger partial charge >= 0.3 is 0 Å². The van der Waals surface area contributed by atoms with E-state index in [1.165, 1.54) is 11.8 Å². The minimum Gasteiger partial charge on any atom is -0.472 e. The highest BCUT2D eigenvalue weighted by atomic mass is 16.5. The second-order valence-electron chi connectivity index (χ2n) is 8.23. The number of H-pyrrole nitrogens is 1. The maximum absolute atomic E-state index is 12.0. The third kappa shape index (κ3) is 4.78. The van der Waals surface area contributed by atoms with Crippen molar-refractivity contribution >= 4 is 34.3 Å². The van der Waals surface area contributed by atoms with Gasteiger partial charge in [0.2, 0.25) is 17.7 Å². The Morgan fingerprint density at radius 2 is 2.00 bits per heavy atom. The van der Waals surface area contributed by atoms with Gasteiger partial charge in [-0.25, -0.2) is 0 Å². The molecule has 5 rings (SSSR count). The van der Waals surface area contributed by atoms with E-state index >= 15 is 0 Å². The van der Waals surface area contributed by atoms with Gasteiger partial charge < -0.3 is 29.6 Å². The fourth-order valence-corrected chi connectivity index (χ4v) is 4.29. The number of nitrogens with one attached hydrogen (secondary N) is 2. The van der Waals surface area contributed by atoms with E-state index in [1.807, 2.05) is 24.4 Å². The van der Waals surface area contributed by atoms with Crippen LogP contribution in [0.5, 0.6) is 5.88 Å². The van der Waals surface area contributed by atoms with Crippen LogP contribution < -0.4 is 15.0 Å². The standard InChI is InChI=1S/C24H28N6O3/c1-2-21(31)30-11-3-4-19(16-30)33-23-20-9-10-25-22(20)27-24(28-23)26-17-5-7-18(8-6-17)29-12-14-32-15-13-29/h2,5-10,19H,1,3-4,11-16H2,(H2,25,26,27,28). The number of morpholine rings is 1. The number of likely N-dealkylation sites (tertiary alicyclic amines) is 1. The molecule has 1 unspecified atom stereocenters. The summed E-state index contributed by atoms with van der Waals surface area (Å²) in [6.45, 7) is 8.15. The van der Waals surface area contributed by atoms with E-state index in [0.29, 0.717) is 24.0 Å². The van der Waals surface area contributed by atoms with Crippen LogP contribution in [0.1, 0.15) is 12.8 Å². The van der Waals surface area contributed by atoms with Crippen LogP contribution >= 0.6 is 0 Å². The molecule has 33 heavy (non-hydrogen) atoms. The number of rotatable bonds is 6. The molecule has 9 nitrogen and oxygen atoms in total. The third-order valence-corrected chi connectivity index (χ3v) is 6.02. The molecule has 172 valence electrons. The van der Waals surface area contributed by atoms with Gasteiger partial charge in [0.25, 0.3) is 0 Å². The molecular weight excluding hydrogens is 420 g/mol. The largest absolute Gasteiger partial charge is 0.472 e. The van der Waals surface area contributed by atoms with E-state index in [1.54, 1.807) is 4.90 Å². The Labute approximate surface area is 192 Å². The molecule has 1 aromatic carbocycles. The molecule has 0 radical (unpaired) electrons. The Bertz CT molecular complexity index is 1120. The summed E-state index contributed by atoms with van der Waals surface area (Å²) in [5.74, 6) is 0.890. The fourth-order valence-electron chi connectivity index (χ4n) is 4.29. The zero-order valence-electron chi connectivity index (χ0n) is 18.5. The maximum atomic E-state index is 12.0. The average molecular weight is 449 g/mol. The van der Waals surface area contributed by atoms with Gasteiger partial charge in [-0.05, 0) is 49.2 Å². The van der Waals surface area contributed by atoms with Crippen molar-refractivity contribution < 1.29 is 14.3 Å². The Morgan fingerprint density at radius 1 is 1.18 bits per heavy atom. The van der Waals surface area contributed by atoms with E-state index < -0.39 is 0 Å². The number of fused-ring (bicyclic) bond motifs is 1. The third-order valence-electron chi connectivity index (χ3n) is 6.02. The number of ether oxygens (including phenoxy) is 2. The molecule has 0 bridgehead atoms. The molecule has 0 saturated carbocycles. The number of carbonyl (C=O) groups excluding carboxylic acids is 1. The molecule has 2 saturated heterocycles. The van der Waals surface area contributed by atoms with Crippen molar-refractivity contribution in [2.24, 2.45) is 0 Å². The predicted molar refractivity (Wildman–Crippen MR) is 127 cm³/mol. The molecule has 2 aromatic heterocycles. The molecule has 4 heterocycles. The molecule has 1 amide bonds. The highest BCUT2D eigenvalue weighted by Gasteiger charge is 2.25. The molecule has 9 heteroatoms. The minimum atomic E-state index is -0.128. The van der Waals surface area contributed by atoms with Crippen LogP contribution in [0, 0.1) is 0 Å². The molecule has 2 fully saturated rings. The van der Waals surface area contributed by atoms with Crippen LogP contribution in [0.15, 0.2) is 49.2 Å². The number of anilines is 3. The second kappa shape index (κ2) is 9.50. The van der Waals surface area contributed by atoms with Crippen molar-refractivity contribution in [1.29, 1.82) is 0 Å². The number of carbonyl (C=O) groups is 1. The number of hydrogen-bond donors (Lipinski definition) is 2. The normalized spacial score (nSPS) is 18.8. The van der Waals surface area contributed by atoms with E-state index in [-0.39, 0.29) is 12.0 Å². The van der Waals surface area contributed by atoms with Gasteiger partial charge in [0, 0.05) is 37.2 Å². The second-order valence-corrected chi connectivity index (χ2v) is 8.23. The molecule has 2 N–H and O–H groups in total. The van der Waals surface area contributed by atoms with Crippen molar-refractivity contribution in [1.82, 2.24) is 19.9 Å². The maximum Gasteiger partial charge on any atom is 0.246 e. The first-order chi connectivity index (χ1) is 16.2. The van der Waals surface area contributed by atoms with Crippen molar-refractivity contribution in [2.45, 2.75) is 18.9 Å². The number of amides is 1. The highest BCUT2D eigenvalue weighted by Crippen LogP contribution is 2.28. The van der Waals surface area contributed by atoms with E-state index in [2.05, 4.69) is 43.9 Å². The van der Waals surface area contributed by atoms with Crippen molar-refractivity contribution in [3.05, 3.63) is 49.2 Å². The van der Waals surface area contributed by atoms with Crippen LogP contribution in [0.25, 0.3) is 11.0 Å². The van der Waals surface area contributed by atoms with E-state index in [4.69, 9.17) is 9.47 Å². The summed E-state index contributed by atoms with van der Waals surface area (Å²) >= 11 is 0.